The topological polar surface area (TPSA) is 126 Å². The summed E-state index contributed by atoms with van der Waals surface area (Å²) < 4.78 is 0. The van der Waals surface area contributed by atoms with Crippen LogP contribution in [0.25, 0.3) is 0 Å². The lowest BCUT2D eigenvalue weighted by Crippen LogP contribution is -2.27. The van der Waals surface area contributed by atoms with Gasteiger partial charge in [0, 0.05) is 0 Å². The predicted octanol–water partition coefficient (Wildman–Crippen LogP) is 9.26. The summed E-state index contributed by atoms with van der Waals surface area (Å²) in [5.41, 5.74) is 0. The van der Waals surface area contributed by atoms with E-state index in [2.05, 4.69) is 90.0 Å². The molecule has 0 aromatic carbocycles. The molecule has 0 heterocycles. The SMILES string of the molecule is CC1CCC(C)C(C)C1.CC1CCC(C)C(C)C1C.CC1CCC(C)C(C)C1C.CC1CCC(C)CC1.O.O.O.O. The van der Waals surface area contributed by atoms with E-state index in [-0.39, 0.29) is 21.9 Å². The normalized spacial score (nSPS) is 41.6. The molecule has 4 aliphatic carbocycles. The molecule has 0 aliphatic heterocycles. The molecule has 4 rings (SSSR count). The minimum Gasteiger partial charge on any atom is -0.412 e. The van der Waals surface area contributed by atoms with Crippen molar-refractivity contribution < 1.29 is 21.9 Å². The Hall–Kier alpha value is -0.160. The zero-order valence-electron chi connectivity index (χ0n) is 30.3. The van der Waals surface area contributed by atoms with Gasteiger partial charge in [-0.05, 0) is 83.4 Å². The van der Waals surface area contributed by atoms with Crippen molar-refractivity contribution in [2.75, 3.05) is 0 Å². The molecule has 8 N–H and O–H groups in total. The Bertz CT molecular complexity index is 509. The monoisotopic (exact) mass is 591 g/mol. The van der Waals surface area contributed by atoms with Crippen molar-refractivity contribution in [1.82, 2.24) is 0 Å². The Balaban J connectivity index is -0.000000216. The zero-order valence-corrected chi connectivity index (χ0v) is 30.3. The molecule has 4 nitrogen and oxygen atoms in total. The van der Waals surface area contributed by atoms with Crippen LogP contribution in [0.15, 0.2) is 0 Å². The van der Waals surface area contributed by atoms with Gasteiger partial charge in [-0.2, -0.15) is 0 Å². The van der Waals surface area contributed by atoms with Crippen LogP contribution in [-0.2, 0) is 0 Å². The van der Waals surface area contributed by atoms with Gasteiger partial charge in [-0.15, -0.1) is 0 Å². The van der Waals surface area contributed by atoms with E-state index in [1.54, 1.807) is 0 Å². The smallest absolute Gasteiger partial charge is 0.0389 e. The van der Waals surface area contributed by atoms with Crippen molar-refractivity contribution >= 4 is 0 Å². The molecule has 4 heteroatoms. The highest BCUT2D eigenvalue weighted by atomic mass is 16.0. The van der Waals surface area contributed by atoms with E-state index >= 15 is 0 Å². The quantitative estimate of drug-likeness (QED) is 0.266. The molecular formula is C37H82O4. The van der Waals surface area contributed by atoms with Crippen molar-refractivity contribution in [2.45, 2.75) is 161 Å². The summed E-state index contributed by atoms with van der Waals surface area (Å²) in [5.74, 6) is 12.7. The van der Waals surface area contributed by atoms with Crippen molar-refractivity contribution in [3.8, 4) is 0 Å². The fourth-order valence-corrected chi connectivity index (χ4v) is 7.42. The van der Waals surface area contributed by atoms with Crippen molar-refractivity contribution in [2.24, 2.45) is 76.9 Å². The molecule has 11 atom stereocenters. The maximum Gasteiger partial charge on any atom is -0.0389 e. The van der Waals surface area contributed by atoms with Gasteiger partial charge in [-0.25, -0.2) is 0 Å². The third-order valence-electron chi connectivity index (χ3n) is 12.6. The Morgan fingerprint density at radius 2 is 0.463 bits per heavy atom. The van der Waals surface area contributed by atoms with Gasteiger partial charge in [0.15, 0.2) is 0 Å². The van der Waals surface area contributed by atoms with E-state index in [1.165, 1.54) is 70.6 Å². The predicted molar refractivity (Wildman–Crippen MR) is 184 cm³/mol. The first-order chi connectivity index (χ1) is 17.2. The molecule has 41 heavy (non-hydrogen) atoms. The fourth-order valence-electron chi connectivity index (χ4n) is 7.42. The Kier molecular flexibility index (Phi) is 28.2. The second-order valence-electron chi connectivity index (χ2n) is 15.7. The van der Waals surface area contributed by atoms with Gasteiger partial charge in [0.2, 0.25) is 0 Å². The van der Waals surface area contributed by atoms with E-state index in [0.717, 1.165) is 76.9 Å². The number of hydrogen-bond donors (Lipinski definition) is 0. The lowest BCUT2D eigenvalue weighted by molar-refractivity contribution is 0.137. The van der Waals surface area contributed by atoms with E-state index in [4.69, 9.17) is 0 Å². The minimum atomic E-state index is 0. The summed E-state index contributed by atoms with van der Waals surface area (Å²) in [6.45, 7) is 31.1. The van der Waals surface area contributed by atoms with Crippen LogP contribution in [0.5, 0.6) is 0 Å². The molecule has 0 bridgehead atoms. The second kappa shape index (κ2) is 24.2. The average Bonchev–Trinajstić information content (AvgIpc) is 2.87. The van der Waals surface area contributed by atoms with Crippen LogP contribution in [0, 0.1) is 76.9 Å². The lowest BCUT2D eigenvalue weighted by atomic mass is 9.69. The zero-order chi connectivity index (χ0) is 28.3. The molecule has 254 valence electrons. The maximum absolute atomic E-state index is 2.41. The number of rotatable bonds is 0. The third kappa shape index (κ3) is 17.7. The van der Waals surface area contributed by atoms with Crippen molar-refractivity contribution in [1.29, 1.82) is 0 Å². The molecular weight excluding hydrogens is 508 g/mol. The van der Waals surface area contributed by atoms with E-state index in [1.807, 2.05) is 0 Å². The van der Waals surface area contributed by atoms with Crippen LogP contribution in [0.2, 0.25) is 0 Å². The van der Waals surface area contributed by atoms with Gasteiger partial charge in [-0.1, -0.05) is 154 Å². The first-order valence-corrected chi connectivity index (χ1v) is 17.2. The van der Waals surface area contributed by atoms with Gasteiger partial charge >= 0.3 is 0 Å². The molecule has 0 amide bonds. The highest BCUT2D eigenvalue weighted by Gasteiger charge is 2.29. The maximum atomic E-state index is 2.41. The molecule has 4 saturated carbocycles. The molecule has 0 aromatic rings. The average molecular weight is 591 g/mol. The molecule has 0 aromatic heterocycles. The summed E-state index contributed by atoms with van der Waals surface area (Å²) in [6, 6.07) is 0. The largest absolute Gasteiger partial charge is 0.412 e. The Labute approximate surface area is 259 Å². The van der Waals surface area contributed by atoms with E-state index in [0.29, 0.717) is 0 Å². The van der Waals surface area contributed by atoms with E-state index < -0.39 is 0 Å². The first-order valence-electron chi connectivity index (χ1n) is 17.2. The minimum absolute atomic E-state index is 0. The van der Waals surface area contributed by atoms with Crippen LogP contribution in [0.4, 0.5) is 0 Å². The Morgan fingerprint density at radius 1 is 0.244 bits per heavy atom. The van der Waals surface area contributed by atoms with Gasteiger partial charge in [0.1, 0.15) is 0 Å². The first kappa shape index (κ1) is 47.8. The van der Waals surface area contributed by atoms with Crippen molar-refractivity contribution in [3.63, 3.8) is 0 Å². The van der Waals surface area contributed by atoms with Crippen LogP contribution in [0.1, 0.15) is 161 Å². The van der Waals surface area contributed by atoms with Gasteiger partial charge in [0.25, 0.3) is 0 Å². The number of hydrogen-bond acceptors (Lipinski definition) is 0. The van der Waals surface area contributed by atoms with Crippen LogP contribution < -0.4 is 0 Å². The molecule has 4 aliphatic rings. The summed E-state index contributed by atoms with van der Waals surface area (Å²) in [4.78, 5) is 0. The Morgan fingerprint density at radius 3 is 0.683 bits per heavy atom. The fraction of sp³-hybridized carbons (Fsp3) is 1.00. The lowest BCUT2D eigenvalue weighted by Gasteiger charge is -2.36. The van der Waals surface area contributed by atoms with Gasteiger partial charge in [0.05, 0.1) is 0 Å². The van der Waals surface area contributed by atoms with Gasteiger partial charge in [-0.3, -0.25) is 0 Å². The summed E-state index contributed by atoms with van der Waals surface area (Å²) in [7, 11) is 0. The third-order valence-corrected chi connectivity index (χ3v) is 12.6. The van der Waals surface area contributed by atoms with Crippen LogP contribution in [-0.4, -0.2) is 21.9 Å². The summed E-state index contributed by atoms with van der Waals surface area (Å²) >= 11 is 0. The molecule has 11 unspecified atom stereocenters. The molecule has 0 saturated heterocycles. The van der Waals surface area contributed by atoms with Crippen LogP contribution >= 0.6 is 0 Å². The second-order valence-corrected chi connectivity index (χ2v) is 15.7. The molecule has 0 spiro atoms. The standard InChI is InChI=1S/2C10H20.C9H18.C8H16.4H2O/c2*1-7-5-6-8(2)10(4)9(7)3;1-7-4-5-8(2)9(3)6-7;1-7-3-5-8(2)6-4-7;;;;/h2*7-10H,5-6H2,1-4H3;7-9H,4-6H2,1-3H3;7-8H,3-6H2,1-2H3;4*1H2. The van der Waals surface area contributed by atoms with Gasteiger partial charge < -0.3 is 21.9 Å². The summed E-state index contributed by atoms with van der Waals surface area (Å²) in [6.07, 6.45) is 16.1. The van der Waals surface area contributed by atoms with Crippen LogP contribution in [0.3, 0.4) is 0 Å². The highest BCUT2D eigenvalue weighted by Crippen LogP contribution is 2.38. The molecule has 4 fully saturated rings. The van der Waals surface area contributed by atoms with E-state index in [9.17, 15) is 0 Å². The summed E-state index contributed by atoms with van der Waals surface area (Å²) in [5, 5.41) is 0. The van der Waals surface area contributed by atoms with Crippen molar-refractivity contribution in [3.05, 3.63) is 0 Å². The highest BCUT2D eigenvalue weighted by molar-refractivity contribution is 4.79. The molecule has 0 radical (unpaired) electrons.